The number of anilines is 1. The molecule has 0 bridgehead atoms. The second kappa shape index (κ2) is 6.82. The maximum Gasteiger partial charge on any atom is 0.194 e. The lowest BCUT2D eigenvalue weighted by molar-refractivity contribution is 0.103. The molecule has 0 aromatic heterocycles. The summed E-state index contributed by atoms with van der Waals surface area (Å²) in [6.45, 7) is 2.11. The van der Waals surface area contributed by atoms with Crippen LogP contribution < -0.4 is 5.73 Å². The van der Waals surface area contributed by atoms with Crippen molar-refractivity contribution in [2.24, 2.45) is 0 Å². The normalized spacial score (nSPS) is 10.5. The molecule has 2 nitrogen and oxygen atoms in total. The van der Waals surface area contributed by atoms with Crippen molar-refractivity contribution >= 4 is 34.8 Å². The molecule has 0 aliphatic heterocycles. The maximum atomic E-state index is 12.6. The molecule has 0 heterocycles. The van der Waals surface area contributed by atoms with Gasteiger partial charge in [-0.1, -0.05) is 30.7 Å². The number of thioether (sulfide) groups is 1. The van der Waals surface area contributed by atoms with Crippen molar-refractivity contribution in [3.8, 4) is 0 Å². The highest BCUT2D eigenvalue weighted by Gasteiger charge is 2.14. The zero-order valence-corrected chi connectivity index (χ0v) is 12.8. The molecule has 0 spiro atoms. The number of carbonyl (C=O) groups excluding carboxylic acids is 1. The molecular weight excluding hydrogens is 290 g/mol. The molecule has 0 saturated heterocycles. The van der Waals surface area contributed by atoms with Gasteiger partial charge in [0.2, 0.25) is 0 Å². The fourth-order valence-electron chi connectivity index (χ4n) is 1.85. The predicted octanol–water partition coefficient (Wildman–Crippen LogP) is 4.66. The summed E-state index contributed by atoms with van der Waals surface area (Å²) >= 11 is 7.70. The number of rotatable bonds is 5. The second-order valence-corrected chi connectivity index (χ2v) is 6.02. The van der Waals surface area contributed by atoms with Crippen molar-refractivity contribution < 1.29 is 4.79 Å². The third-order valence-electron chi connectivity index (χ3n) is 2.80. The summed E-state index contributed by atoms with van der Waals surface area (Å²) in [4.78, 5) is 13.6. The maximum absolute atomic E-state index is 12.6. The average molecular weight is 306 g/mol. The molecule has 0 atom stereocenters. The first-order valence-electron chi connectivity index (χ1n) is 6.44. The molecule has 4 heteroatoms. The molecule has 0 aliphatic carbocycles. The Hall–Kier alpha value is -1.45. The number of benzene rings is 2. The molecule has 0 amide bonds. The van der Waals surface area contributed by atoms with Crippen LogP contribution in [0.15, 0.2) is 47.4 Å². The first-order chi connectivity index (χ1) is 9.61. The summed E-state index contributed by atoms with van der Waals surface area (Å²) in [5.41, 5.74) is 7.55. The fraction of sp³-hybridized carbons (Fsp3) is 0.188. The third kappa shape index (κ3) is 3.56. The van der Waals surface area contributed by atoms with Crippen LogP contribution in [0, 0.1) is 0 Å². The van der Waals surface area contributed by atoms with Crippen molar-refractivity contribution in [2.45, 2.75) is 18.2 Å². The summed E-state index contributed by atoms with van der Waals surface area (Å²) < 4.78 is 0. The summed E-state index contributed by atoms with van der Waals surface area (Å²) in [6.07, 6.45) is 1.05. The highest BCUT2D eigenvalue weighted by molar-refractivity contribution is 7.99. The summed E-state index contributed by atoms with van der Waals surface area (Å²) in [7, 11) is 0. The van der Waals surface area contributed by atoms with E-state index in [9.17, 15) is 4.79 Å². The van der Waals surface area contributed by atoms with Crippen molar-refractivity contribution in [3.05, 3.63) is 58.6 Å². The van der Waals surface area contributed by atoms with Crippen LogP contribution in [0.4, 0.5) is 5.69 Å². The fourth-order valence-corrected chi connectivity index (χ4v) is 2.92. The Morgan fingerprint density at radius 2 is 2.05 bits per heavy atom. The first kappa shape index (κ1) is 14.9. The van der Waals surface area contributed by atoms with E-state index in [0.29, 0.717) is 21.8 Å². The Balaban J connectivity index is 2.39. The van der Waals surface area contributed by atoms with Gasteiger partial charge in [-0.15, -0.1) is 11.8 Å². The average Bonchev–Trinajstić information content (AvgIpc) is 2.45. The molecule has 2 rings (SSSR count). The topological polar surface area (TPSA) is 43.1 Å². The smallest absolute Gasteiger partial charge is 0.194 e. The zero-order chi connectivity index (χ0) is 14.5. The summed E-state index contributed by atoms with van der Waals surface area (Å²) in [6, 6.07) is 12.5. The molecule has 0 fully saturated rings. The van der Waals surface area contributed by atoms with E-state index < -0.39 is 0 Å². The molecule has 2 N–H and O–H groups in total. The molecule has 0 unspecified atom stereocenters. The Kier molecular flexibility index (Phi) is 5.10. The Morgan fingerprint density at radius 1 is 1.25 bits per heavy atom. The predicted molar refractivity (Wildman–Crippen MR) is 86.8 cm³/mol. The quantitative estimate of drug-likeness (QED) is 0.496. The number of nitrogens with two attached hydrogens (primary N) is 1. The Labute approximate surface area is 128 Å². The van der Waals surface area contributed by atoms with Gasteiger partial charge in [0.25, 0.3) is 0 Å². The van der Waals surface area contributed by atoms with Crippen LogP contribution in [-0.2, 0) is 0 Å². The number of halogens is 1. The van der Waals surface area contributed by atoms with Gasteiger partial charge in [-0.3, -0.25) is 4.79 Å². The van der Waals surface area contributed by atoms with E-state index in [-0.39, 0.29) is 5.78 Å². The monoisotopic (exact) mass is 305 g/mol. The largest absolute Gasteiger partial charge is 0.399 e. The number of hydrogen-bond donors (Lipinski definition) is 1. The minimum atomic E-state index is -0.0431. The van der Waals surface area contributed by atoms with Gasteiger partial charge in [0.1, 0.15) is 0 Å². The second-order valence-electron chi connectivity index (χ2n) is 4.44. The van der Waals surface area contributed by atoms with Gasteiger partial charge in [-0.05, 0) is 42.5 Å². The molecule has 0 radical (unpaired) electrons. The number of ketones is 1. The first-order valence-corrected chi connectivity index (χ1v) is 7.80. The van der Waals surface area contributed by atoms with Crippen molar-refractivity contribution in [3.63, 3.8) is 0 Å². The number of carbonyl (C=O) groups is 1. The van der Waals surface area contributed by atoms with Gasteiger partial charge in [-0.25, -0.2) is 0 Å². The molecule has 20 heavy (non-hydrogen) atoms. The van der Waals surface area contributed by atoms with E-state index in [4.69, 9.17) is 17.3 Å². The molecule has 2 aromatic rings. The Morgan fingerprint density at radius 3 is 2.75 bits per heavy atom. The Bertz CT molecular complexity index is 628. The van der Waals surface area contributed by atoms with Gasteiger partial charge >= 0.3 is 0 Å². The zero-order valence-electron chi connectivity index (χ0n) is 11.2. The van der Waals surface area contributed by atoms with Crippen LogP contribution in [0.1, 0.15) is 29.3 Å². The van der Waals surface area contributed by atoms with Crippen molar-refractivity contribution in [1.82, 2.24) is 0 Å². The molecular formula is C16H16ClNOS. The van der Waals surface area contributed by atoms with Crippen molar-refractivity contribution in [1.29, 1.82) is 0 Å². The third-order valence-corrected chi connectivity index (χ3v) is 4.31. The van der Waals surface area contributed by atoms with Crippen LogP contribution >= 0.6 is 23.4 Å². The molecule has 0 saturated carbocycles. The minimum Gasteiger partial charge on any atom is -0.399 e. The van der Waals surface area contributed by atoms with E-state index in [1.54, 1.807) is 42.1 Å². The summed E-state index contributed by atoms with van der Waals surface area (Å²) in [5, 5.41) is 0.568. The van der Waals surface area contributed by atoms with Crippen LogP contribution in [-0.4, -0.2) is 11.5 Å². The van der Waals surface area contributed by atoms with E-state index in [1.165, 1.54) is 0 Å². The lowest BCUT2D eigenvalue weighted by Crippen LogP contribution is -2.04. The van der Waals surface area contributed by atoms with E-state index in [0.717, 1.165) is 17.1 Å². The van der Waals surface area contributed by atoms with Gasteiger partial charge in [0.15, 0.2) is 5.78 Å². The highest BCUT2D eigenvalue weighted by atomic mass is 35.5. The highest BCUT2D eigenvalue weighted by Crippen LogP contribution is 2.28. The van der Waals surface area contributed by atoms with E-state index in [2.05, 4.69) is 6.92 Å². The van der Waals surface area contributed by atoms with Gasteiger partial charge in [0.05, 0.1) is 0 Å². The lowest BCUT2D eigenvalue weighted by atomic mass is 10.0. The van der Waals surface area contributed by atoms with Gasteiger partial charge in [-0.2, -0.15) is 0 Å². The van der Waals surface area contributed by atoms with E-state index >= 15 is 0 Å². The van der Waals surface area contributed by atoms with Crippen LogP contribution in [0.25, 0.3) is 0 Å². The molecule has 2 aromatic carbocycles. The molecule has 0 aliphatic rings. The standard InChI is InChI=1S/C16H16ClNOS/c1-2-8-20-15-7-6-12(17)10-14(15)16(19)11-4-3-5-13(18)9-11/h3-7,9-10H,2,8,18H2,1H3. The number of nitrogen functional groups attached to an aromatic ring is 1. The van der Waals surface area contributed by atoms with Crippen LogP contribution in [0.3, 0.4) is 0 Å². The summed E-state index contributed by atoms with van der Waals surface area (Å²) in [5.74, 6) is 0.928. The number of hydrogen-bond acceptors (Lipinski definition) is 3. The van der Waals surface area contributed by atoms with Gasteiger partial charge in [0, 0.05) is 26.7 Å². The van der Waals surface area contributed by atoms with Crippen molar-refractivity contribution in [2.75, 3.05) is 11.5 Å². The SMILES string of the molecule is CCCSc1ccc(Cl)cc1C(=O)c1cccc(N)c1. The van der Waals surface area contributed by atoms with E-state index in [1.807, 2.05) is 12.1 Å². The molecule has 104 valence electrons. The van der Waals surface area contributed by atoms with Crippen LogP contribution in [0.2, 0.25) is 5.02 Å². The van der Waals surface area contributed by atoms with Crippen LogP contribution in [0.5, 0.6) is 0 Å². The minimum absolute atomic E-state index is 0.0431. The lowest BCUT2D eigenvalue weighted by Gasteiger charge is -2.09. The van der Waals surface area contributed by atoms with Gasteiger partial charge < -0.3 is 5.73 Å².